The van der Waals surface area contributed by atoms with Crippen molar-refractivity contribution >= 4 is 11.9 Å². The Kier molecular flexibility index (Phi) is 6.45. The number of hydrogen-bond acceptors (Lipinski definition) is 5. The van der Waals surface area contributed by atoms with Gasteiger partial charge in [-0.2, -0.15) is 0 Å². The van der Waals surface area contributed by atoms with E-state index >= 15 is 0 Å². The maximum Gasteiger partial charge on any atom is 0.340 e. The lowest BCUT2D eigenvalue weighted by Crippen LogP contribution is -2.19. The van der Waals surface area contributed by atoms with E-state index in [0.717, 1.165) is 6.07 Å². The number of carbonyl (C=O) groups is 2. The minimum absolute atomic E-state index is 0.0924. The van der Waals surface area contributed by atoms with E-state index in [-0.39, 0.29) is 35.6 Å². The quantitative estimate of drug-likeness (QED) is 0.747. The van der Waals surface area contributed by atoms with Gasteiger partial charge in [-0.25, -0.2) is 9.59 Å². The number of carboxylic acid groups (broad SMARTS) is 2. The van der Waals surface area contributed by atoms with E-state index in [4.69, 9.17) is 14.2 Å². The average Bonchev–Trinajstić information content (AvgIpc) is 2.39. The van der Waals surface area contributed by atoms with Crippen LogP contribution in [0.5, 0.6) is 17.2 Å². The highest BCUT2D eigenvalue weighted by Crippen LogP contribution is 2.44. The van der Waals surface area contributed by atoms with Gasteiger partial charge in [0, 0.05) is 0 Å². The molecule has 24 heavy (non-hydrogen) atoms. The molecule has 7 heteroatoms. The van der Waals surface area contributed by atoms with Crippen LogP contribution in [0.4, 0.5) is 0 Å². The summed E-state index contributed by atoms with van der Waals surface area (Å²) < 4.78 is 16.9. The molecule has 0 saturated heterocycles. The molecule has 134 valence electrons. The van der Waals surface area contributed by atoms with Gasteiger partial charge in [-0.1, -0.05) is 0 Å². The second kappa shape index (κ2) is 7.90. The number of benzene rings is 1. The third-order valence-corrected chi connectivity index (χ3v) is 2.72. The Morgan fingerprint density at radius 1 is 0.792 bits per heavy atom. The lowest BCUT2D eigenvalue weighted by atomic mass is 10.0. The molecule has 7 nitrogen and oxygen atoms in total. The maximum absolute atomic E-state index is 11.7. The molecular formula is C17H24O7. The average molecular weight is 340 g/mol. The van der Waals surface area contributed by atoms with Crippen molar-refractivity contribution in [2.24, 2.45) is 0 Å². The highest BCUT2D eigenvalue weighted by Gasteiger charge is 2.30. The van der Waals surface area contributed by atoms with Gasteiger partial charge in [-0.3, -0.25) is 0 Å². The first-order valence-corrected chi connectivity index (χ1v) is 7.72. The maximum atomic E-state index is 11.7. The molecule has 0 radical (unpaired) electrons. The summed E-state index contributed by atoms with van der Waals surface area (Å²) in [4.78, 5) is 23.2. The second-order valence-electron chi connectivity index (χ2n) is 6.07. The molecule has 0 aromatic heterocycles. The molecule has 0 spiro atoms. The predicted octanol–water partition coefficient (Wildman–Crippen LogP) is 3.44. The van der Waals surface area contributed by atoms with Gasteiger partial charge in [-0.15, -0.1) is 0 Å². The smallest absolute Gasteiger partial charge is 0.340 e. The molecule has 0 atom stereocenters. The number of carboxylic acids is 2. The lowest BCUT2D eigenvalue weighted by Gasteiger charge is -2.23. The van der Waals surface area contributed by atoms with Crippen LogP contribution in [-0.2, 0) is 0 Å². The van der Waals surface area contributed by atoms with Crippen molar-refractivity contribution < 1.29 is 34.0 Å². The van der Waals surface area contributed by atoms with Crippen molar-refractivity contribution in [2.75, 3.05) is 0 Å². The second-order valence-corrected chi connectivity index (χ2v) is 6.07. The summed E-state index contributed by atoms with van der Waals surface area (Å²) in [6, 6.07) is 1.16. The van der Waals surface area contributed by atoms with Crippen LogP contribution in [0.1, 0.15) is 62.3 Å². The van der Waals surface area contributed by atoms with Crippen molar-refractivity contribution in [2.45, 2.75) is 59.9 Å². The Hall–Kier alpha value is -2.44. The highest BCUT2D eigenvalue weighted by atomic mass is 16.6. The van der Waals surface area contributed by atoms with Crippen molar-refractivity contribution in [1.29, 1.82) is 0 Å². The van der Waals surface area contributed by atoms with Crippen molar-refractivity contribution in [3.63, 3.8) is 0 Å². The summed E-state index contributed by atoms with van der Waals surface area (Å²) in [6.07, 6.45) is -0.927. The van der Waals surface area contributed by atoms with Crippen molar-refractivity contribution in [1.82, 2.24) is 0 Å². The van der Waals surface area contributed by atoms with Gasteiger partial charge in [-0.05, 0) is 47.6 Å². The van der Waals surface area contributed by atoms with Gasteiger partial charge in [0.1, 0.15) is 5.56 Å². The third kappa shape index (κ3) is 4.78. The SMILES string of the molecule is CC(C)Oc1cc(C(=O)O)c(C(=O)O)c(OC(C)C)c1OC(C)C. The topological polar surface area (TPSA) is 102 Å². The molecule has 0 bridgehead atoms. The number of ether oxygens (including phenoxy) is 3. The highest BCUT2D eigenvalue weighted by molar-refractivity contribution is 6.05. The van der Waals surface area contributed by atoms with E-state index < -0.39 is 23.1 Å². The summed E-state index contributed by atoms with van der Waals surface area (Å²) in [7, 11) is 0. The van der Waals surface area contributed by atoms with Crippen LogP contribution in [0.2, 0.25) is 0 Å². The van der Waals surface area contributed by atoms with Crippen LogP contribution in [0, 0.1) is 0 Å². The van der Waals surface area contributed by atoms with Crippen LogP contribution < -0.4 is 14.2 Å². The summed E-state index contributed by atoms with van der Waals surface area (Å²) in [5, 5.41) is 18.9. The predicted molar refractivity (Wildman–Crippen MR) is 87.7 cm³/mol. The zero-order chi connectivity index (χ0) is 18.6. The normalized spacial score (nSPS) is 11.0. The first kappa shape index (κ1) is 19.6. The minimum atomic E-state index is -1.41. The van der Waals surface area contributed by atoms with Crippen molar-refractivity contribution in [3.05, 3.63) is 17.2 Å². The van der Waals surface area contributed by atoms with Crippen LogP contribution in [-0.4, -0.2) is 40.5 Å². The lowest BCUT2D eigenvalue weighted by molar-refractivity contribution is 0.0642. The van der Waals surface area contributed by atoms with Crippen LogP contribution in [0.3, 0.4) is 0 Å². The van der Waals surface area contributed by atoms with E-state index in [0.29, 0.717) is 0 Å². The van der Waals surface area contributed by atoms with Gasteiger partial charge < -0.3 is 24.4 Å². The van der Waals surface area contributed by atoms with Crippen molar-refractivity contribution in [3.8, 4) is 17.2 Å². The Labute approximate surface area is 141 Å². The Bertz CT molecular complexity index is 618. The number of rotatable bonds is 8. The van der Waals surface area contributed by atoms with Gasteiger partial charge in [0.05, 0.1) is 23.9 Å². The van der Waals surface area contributed by atoms with Crippen LogP contribution in [0.25, 0.3) is 0 Å². The standard InChI is InChI=1S/C17H24O7/c1-8(2)22-12-7-11(16(18)19)13(17(20)21)15(24-10(5)6)14(12)23-9(3)4/h7-10H,1-6H3,(H,18,19)(H,20,21). The molecule has 0 aliphatic heterocycles. The van der Waals surface area contributed by atoms with Crippen LogP contribution >= 0.6 is 0 Å². The zero-order valence-electron chi connectivity index (χ0n) is 14.7. The fraction of sp³-hybridized carbons (Fsp3) is 0.529. The first-order valence-electron chi connectivity index (χ1n) is 7.72. The summed E-state index contributed by atoms with van der Waals surface area (Å²) in [5.74, 6) is -2.70. The first-order chi connectivity index (χ1) is 11.0. The fourth-order valence-corrected chi connectivity index (χ4v) is 2.03. The molecule has 0 saturated carbocycles. The van der Waals surface area contributed by atoms with E-state index in [2.05, 4.69) is 0 Å². The van der Waals surface area contributed by atoms with E-state index in [9.17, 15) is 19.8 Å². The van der Waals surface area contributed by atoms with Gasteiger partial charge in [0.15, 0.2) is 11.5 Å². The summed E-state index contributed by atoms with van der Waals surface area (Å²) >= 11 is 0. The summed E-state index contributed by atoms with van der Waals surface area (Å²) in [6.45, 7) is 10.5. The minimum Gasteiger partial charge on any atom is -0.487 e. The Morgan fingerprint density at radius 2 is 1.25 bits per heavy atom. The molecule has 0 heterocycles. The van der Waals surface area contributed by atoms with Crippen LogP contribution in [0.15, 0.2) is 6.07 Å². The van der Waals surface area contributed by atoms with E-state index in [1.807, 2.05) is 0 Å². The fourth-order valence-electron chi connectivity index (χ4n) is 2.03. The van der Waals surface area contributed by atoms with Gasteiger partial charge in [0.2, 0.25) is 5.75 Å². The Balaban J connectivity index is 3.79. The molecule has 0 amide bonds. The molecule has 1 rings (SSSR count). The molecule has 1 aromatic rings. The molecule has 0 fully saturated rings. The molecule has 0 aliphatic carbocycles. The number of hydrogen-bond donors (Lipinski definition) is 2. The molecule has 2 N–H and O–H groups in total. The number of aromatic carboxylic acids is 2. The largest absolute Gasteiger partial charge is 0.487 e. The summed E-state index contributed by atoms with van der Waals surface area (Å²) in [5.41, 5.74) is -0.868. The molecule has 0 aliphatic rings. The monoisotopic (exact) mass is 340 g/mol. The van der Waals surface area contributed by atoms with E-state index in [1.165, 1.54) is 0 Å². The zero-order valence-corrected chi connectivity index (χ0v) is 14.7. The van der Waals surface area contributed by atoms with Gasteiger partial charge >= 0.3 is 11.9 Å². The van der Waals surface area contributed by atoms with E-state index in [1.54, 1.807) is 41.5 Å². The molecule has 1 aromatic carbocycles. The molecule has 0 unspecified atom stereocenters. The Morgan fingerprint density at radius 3 is 1.62 bits per heavy atom. The van der Waals surface area contributed by atoms with Gasteiger partial charge in [0.25, 0.3) is 0 Å². The third-order valence-electron chi connectivity index (χ3n) is 2.72. The molecular weight excluding hydrogens is 316 g/mol.